The first kappa shape index (κ1) is 82.0. The molecule has 3 saturated heterocycles. The molecular weight excluding hydrogens is 1150 g/mol. The van der Waals surface area contributed by atoms with Crippen LogP contribution in [0.2, 0.25) is 0 Å². The van der Waals surface area contributed by atoms with E-state index in [-0.39, 0.29) is 18.9 Å². The summed E-state index contributed by atoms with van der Waals surface area (Å²) in [5.41, 5.74) is 0. The van der Waals surface area contributed by atoms with Gasteiger partial charge in [0.05, 0.1) is 38.6 Å². The third-order valence-corrected chi connectivity index (χ3v) is 17.9. The van der Waals surface area contributed by atoms with Gasteiger partial charge in [0.2, 0.25) is 5.91 Å². The smallest absolute Gasteiger partial charge is 0.220 e. The summed E-state index contributed by atoms with van der Waals surface area (Å²) in [6.45, 7) is 1.73. The van der Waals surface area contributed by atoms with E-state index in [0.717, 1.165) is 77.0 Å². The van der Waals surface area contributed by atoms with Crippen molar-refractivity contribution in [2.75, 3.05) is 26.4 Å². The highest BCUT2D eigenvalue weighted by Gasteiger charge is 2.53. The molecule has 3 rings (SSSR count). The molecule has 17 atom stereocenters. The molecule has 0 aromatic carbocycles. The third kappa shape index (κ3) is 34.4. The number of rotatable bonds is 55. The average molecular weight is 1280 g/mol. The van der Waals surface area contributed by atoms with Gasteiger partial charge >= 0.3 is 0 Å². The first-order valence-corrected chi connectivity index (χ1v) is 35.9. The molecule has 3 aliphatic rings. The summed E-state index contributed by atoms with van der Waals surface area (Å²) in [4.78, 5) is 13.4. The van der Waals surface area contributed by atoms with Crippen LogP contribution in [-0.2, 0) is 33.2 Å². The molecule has 0 aromatic rings. The van der Waals surface area contributed by atoms with Crippen molar-refractivity contribution in [3.8, 4) is 0 Å². The lowest BCUT2D eigenvalue weighted by atomic mass is 9.96. The Hall–Kier alpha value is -2.25. The number of carbonyl (C=O) groups is 1. The van der Waals surface area contributed by atoms with Crippen molar-refractivity contribution in [2.45, 2.75) is 369 Å². The van der Waals surface area contributed by atoms with Crippen LogP contribution in [0.15, 0.2) is 48.6 Å². The van der Waals surface area contributed by atoms with E-state index < -0.39 is 124 Å². The van der Waals surface area contributed by atoms with Gasteiger partial charge in [0.1, 0.15) is 73.2 Å². The van der Waals surface area contributed by atoms with Crippen LogP contribution in [0.25, 0.3) is 0 Å². The maximum Gasteiger partial charge on any atom is 0.220 e. The van der Waals surface area contributed by atoms with Gasteiger partial charge in [0.15, 0.2) is 18.9 Å². The van der Waals surface area contributed by atoms with Gasteiger partial charge in [-0.15, -0.1) is 0 Å². The lowest BCUT2D eigenvalue weighted by molar-refractivity contribution is -0.379. The second-order valence-corrected chi connectivity index (χ2v) is 25.7. The molecule has 12 N–H and O–H groups in total. The quantitative estimate of drug-likeness (QED) is 0.0199. The molecule has 1 amide bonds. The molecule has 0 aliphatic carbocycles. The monoisotopic (exact) mass is 1280 g/mol. The fraction of sp³-hybridized carbons (Fsp3) is 0.873. The van der Waals surface area contributed by atoms with Crippen molar-refractivity contribution in [3.05, 3.63) is 48.6 Å². The highest BCUT2D eigenvalue weighted by molar-refractivity contribution is 5.76. The van der Waals surface area contributed by atoms with Crippen LogP contribution >= 0.6 is 0 Å². The minimum absolute atomic E-state index is 0.228. The molecule has 3 fully saturated rings. The average Bonchev–Trinajstić information content (AvgIpc) is 0.853. The zero-order valence-electron chi connectivity index (χ0n) is 55.6. The highest BCUT2D eigenvalue weighted by Crippen LogP contribution is 2.33. The summed E-state index contributed by atoms with van der Waals surface area (Å²) < 4.78 is 34.4. The van der Waals surface area contributed by atoms with Crippen molar-refractivity contribution in [3.63, 3.8) is 0 Å². The van der Waals surface area contributed by atoms with Crippen LogP contribution in [0.3, 0.4) is 0 Å². The molecule has 526 valence electrons. The molecule has 17 unspecified atom stereocenters. The summed E-state index contributed by atoms with van der Waals surface area (Å²) in [5.74, 6) is -0.286. The number of ether oxygens (including phenoxy) is 6. The Kier molecular flexibility index (Phi) is 48.2. The van der Waals surface area contributed by atoms with Gasteiger partial charge in [-0.1, -0.05) is 249 Å². The first-order valence-electron chi connectivity index (χ1n) is 35.9. The second kappa shape index (κ2) is 53.0. The standard InChI is InChI=1S/C71H129NO18/c1-3-5-7-9-11-13-15-17-19-21-23-25-26-27-29-30-32-34-36-38-40-42-44-46-48-55(76)54(72-59(77)49-47-45-43-41-39-37-35-33-31-28-24-22-20-18-16-14-12-10-8-6-4-2)53-85-69-65(83)62(80)67(57(51-74)87-69)90-71-66(84)63(81)68(58(52-75)88-71)89-70-64(82)61(79)60(78)56(50-73)86-70/h16,18,22,24,31,33,46,48,54-58,60-71,73-76,78-84H,3-15,17,19-21,23,25-30,32,34-45,47,49-53H2,1-2H3,(H,72,77)/b18-16-,24-22-,33-31-,48-46+. The largest absolute Gasteiger partial charge is 0.394 e. The van der Waals surface area contributed by atoms with E-state index in [9.17, 15) is 61.0 Å². The third-order valence-electron chi connectivity index (χ3n) is 17.9. The number of aliphatic hydroxyl groups excluding tert-OH is 11. The van der Waals surface area contributed by atoms with Crippen molar-refractivity contribution in [2.24, 2.45) is 0 Å². The summed E-state index contributed by atoms with van der Waals surface area (Å²) >= 11 is 0. The summed E-state index contributed by atoms with van der Waals surface area (Å²) in [6, 6.07) is -0.982. The van der Waals surface area contributed by atoms with Crippen LogP contribution in [-0.4, -0.2) is 193 Å². The van der Waals surface area contributed by atoms with Crippen LogP contribution in [0.1, 0.15) is 264 Å². The fourth-order valence-corrected chi connectivity index (χ4v) is 12.0. The number of hydrogen-bond acceptors (Lipinski definition) is 18. The first-order chi connectivity index (χ1) is 43.8. The number of unbranched alkanes of at least 4 members (excludes halogenated alkanes) is 33. The van der Waals surface area contributed by atoms with Crippen molar-refractivity contribution >= 4 is 5.91 Å². The van der Waals surface area contributed by atoms with Crippen molar-refractivity contribution < 1.29 is 89.4 Å². The van der Waals surface area contributed by atoms with E-state index in [1.54, 1.807) is 6.08 Å². The number of carbonyl (C=O) groups excluding carboxylic acids is 1. The molecule has 19 heteroatoms. The highest BCUT2D eigenvalue weighted by atomic mass is 16.8. The van der Waals surface area contributed by atoms with Crippen LogP contribution in [0.5, 0.6) is 0 Å². The molecule has 3 heterocycles. The molecule has 0 aromatic heterocycles. The van der Waals surface area contributed by atoms with Crippen molar-refractivity contribution in [1.29, 1.82) is 0 Å². The van der Waals surface area contributed by atoms with Gasteiger partial charge in [0.25, 0.3) is 0 Å². The van der Waals surface area contributed by atoms with E-state index in [4.69, 9.17) is 28.4 Å². The number of nitrogens with one attached hydrogen (secondary N) is 1. The minimum atomic E-state index is -1.98. The maximum atomic E-state index is 13.4. The van der Waals surface area contributed by atoms with E-state index in [1.807, 2.05) is 6.08 Å². The second-order valence-electron chi connectivity index (χ2n) is 25.7. The Balaban J connectivity index is 1.44. The Morgan fingerprint density at radius 1 is 0.400 bits per heavy atom. The lowest BCUT2D eigenvalue weighted by Crippen LogP contribution is -2.66. The Labute approximate surface area is 542 Å². The fourth-order valence-electron chi connectivity index (χ4n) is 12.0. The van der Waals surface area contributed by atoms with Crippen LogP contribution < -0.4 is 5.32 Å². The molecular formula is C71H129NO18. The number of amides is 1. The van der Waals surface area contributed by atoms with Gasteiger partial charge in [-0.2, -0.15) is 0 Å². The molecule has 3 aliphatic heterocycles. The number of aliphatic hydroxyl groups is 11. The van der Waals surface area contributed by atoms with Crippen LogP contribution in [0.4, 0.5) is 0 Å². The summed E-state index contributed by atoms with van der Waals surface area (Å²) in [7, 11) is 0. The summed E-state index contributed by atoms with van der Waals surface area (Å²) in [6.07, 6.45) is 36.5. The van der Waals surface area contributed by atoms with Gasteiger partial charge < -0.3 is 89.9 Å². The molecule has 0 saturated carbocycles. The lowest BCUT2D eigenvalue weighted by Gasteiger charge is -2.48. The van der Waals surface area contributed by atoms with Gasteiger partial charge in [0, 0.05) is 6.42 Å². The number of hydrogen-bond donors (Lipinski definition) is 12. The predicted molar refractivity (Wildman–Crippen MR) is 351 cm³/mol. The Morgan fingerprint density at radius 3 is 1.14 bits per heavy atom. The topological polar surface area (TPSA) is 307 Å². The Morgan fingerprint density at radius 2 is 0.733 bits per heavy atom. The summed E-state index contributed by atoms with van der Waals surface area (Å²) in [5, 5.41) is 121. The zero-order chi connectivity index (χ0) is 65.4. The SMILES string of the molecule is CCCCCCC/C=C\C/C=C\C/C=C\CCCCCCCCC(=O)NC(COC1OC(CO)C(OC2OC(CO)C(OC3OC(CO)C(O)C(O)C3O)C(O)C2O)C(O)C1O)C(O)/C=C/CCCCCCCCCCCCCCCCCCCCCCCC. The molecule has 90 heavy (non-hydrogen) atoms. The van der Waals surface area contributed by atoms with Gasteiger partial charge in [-0.05, 0) is 57.8 Å². The predicted octanol–water partition coefficient (Wildman–Crippen LogP) is 9.78. The van der Waals surface area contributed by atoms with E-state index in [1.165, 1.54) is 161 Å². The zero-order valence-corrected chi connectivity index (χ0v) is 55.6. The Bertz CT molecular complexity index is 1820. The molecule has 19 nitrogen and oxygen atoms in total. The maximum absolute atomic E-state index is 13.4. The molecule has 0 radical (unpaired) electrons. The normalized spacial score (nSPS) is 28.3. The van der Waals surface area contributed by atoms with Crippen molar-refractivity contribution in [1.82, 2.24) is 5.32 Å². The van der Waals surface area contributed by atoms with E-state index in [2.05, 4.69) is 55.6 Å². The number of allylic oxidation sites excluding steroid dienone is 7. The molecule has 0 spiro atoms. The molecule has 0 bridgehead atoms. The van der Waals surface area contributed by atoms with Gasteiger partial charge in [-0.25, -0.2) is 0 Å². The van der Waals surface area contributed by atoms with Gasteiger partial charge in [-0.3, -0.25) is 4.79 Å². The van der Waals surface area contributed by atoms with Crippen LogP contribution in [0, 0.1) is 0 Å². The minimum Gasteiger partial charge on any atom is -0.394 e. The van der Waals surface area contributed by atoms with E-state index in [0.29, 0.717) is 6.42 Å². The van der Waals surface area contributed by atoms with E-state index >= 15 is 0 Å².